The highest BCUT2D eigenvalue weighted by atomic mass is 32.2. The standard InChI is InChI=1S/C14H18N2O3S2/c1-9-13(8-15)14(10(2)19-9)21(17,18)16-11-4-6-12(20-3)7-5-11/h4-7,16H,8,15H2,1-3H3. The number of hydrogen-bond donors (Lipinski definition) is 2. The van der Waals surface area contributed by atoms with Gasteiger partial charge in [0.1, 0.15) is 16.4 Å². The Labute approximate surface area is 129 Å². The Kier molecular flexibility index (Phi) is 4.65. The Hall–Kier alpha value is -1.44. The summed E-state index contributed by atoms with van der Waals surface area (Å²) >= 11 is 1.59. The summed E-state index contributed by atoms with van der Waals surface area (Å²) in [6, 6.07) is 7.18. The molecule has 5 nitrogen and oxygen atoms in total. The number of anilines is 1. The lowest BCUT2D eigenvalue weighted by Crippen LogP contribution is -2.16. The summed E-state index contributed by atoms with van der Waals surface area (Å²) in [5, 5.41) is 0. The highest BCUT2D eigenvalue weighted by molar-refractivity contribution is 7.98. The van der Waals surface area contributed by atoms with Crippen molar-refractivity contribution in [1.82, 2.24) is 0 Å². The highest BCUT2D eigenvalue weighted by Crippen LogP contribution is 2.28. The molecule has 0 spiro atoms. The summed E-state index contributed by atoms with van der Waals surface area (Å²) in [5.41, 5.74) is 6.66. The zero-order valence-electron chi connectivity index (χ0n) is 12.1. The predicted molar refractivity (Wildman–Crippen MR) is 85.1 cm³/mol. The molecule has 0 saturated heterocycles. The van der Waals surface area contributed by atoms with Gasteiger partial charge in [0.05, 0.1) is 0 Å². The first kappa shape index (κ1) is 15.9. The number of thioether (sulfide) groups is 1. The molecular formula is C14H18N2O3S2. The van der Waals surface area contributed by atoms with Crippen LogP contribution in [0.25, 0.3) is 0 Å². The number of benzene rings is 1. The summed E-state index contributed by atoms with van der Waals surface area (Å²) in [7, 11) is -3.72. The average Bonchev–Trinajstić information content (AvgIpc) is 2.73. The molecule has 2 aromatic rings. The van der Waals surface area contributed by atoms with Crippen molar-refractivity contribution in [3.05, 3.63) is 41.3 Å². The van der Waals surface area contributed by atoms with Crippen molar-refractivity contribution in [3.8, 4) is 0 Å². The fourth-order valence-electron chi connectivity index (χ4n) is 2.16. The number of nitrogens with one attached hydrogen (secondary N) is 1. The van der Waals surface area contributed by atoms with Gasteiger partial charge in [-0.05, 0) is 44.4 Å². The zero-order valence-corrected chi connectivity index (χ0v) is 13.8. The Morgan fingerprint density at radius 2 is 1.81 bits per heavy atom. The van der Waals surface area contributed by atoms with Crippen molar-refractivity contribution in [2.45, 2.75) is 30.2 Å². The van der Waals surface area contributed by atoms with E-state index in [0.717, 1.165) is 4.90 Å². The Morgan fingerprint density at radius 3 is 2.33 bits per heavy atom. The molecule has 0 unspecified atom stereocenters. The van der Waals surface area contributed by atoms with Gasteiger partial charge in [-0.1, -0.05) is 0 Å². The lowest BCUT2D eigenvalue weighted by Gasteiger charge is -2.09. The average molecular weight is 326 g/mol. The minimum absolute atomic E-state index is 0.116. The van der Waals surface area contributed by atoms with Crippen molar-refractivity contribution in [2.75, 3.05) is 11.0 Å². The summed E-state index contributed by atoms with van der Waals surface area (Å²) < 4.78 is 33.0. The lowest BCUT2D eigenvalue weighted by molar-refractivity contribution is 0.494. The van der Waals surface area contributed by atoms with Crippen LogP contribution >= 0.6 is 11.8 Å². The van der Waals surface area contributed by atoms with Gasteiger partial charge < -0.3 is 10.2 Å². The van der Waals surface area contributed by atoms with Gasteiger partial charge in [0, 0.05) is 22.7 Å². The fourth-order valence-corrected chi connectivity index (χ4v) is 4.09. The number of sulfonamides is 1. The molecule has 0 fully saturated rings. The van der Waals surface area contributed by atoms with Crippen LogP contribution in [-0.2, 0) is 16.6 Å². The second-order valence-electron chi connectivity index (χ2n) is 4.56. The van der Waals surface area contributed by atoms with E-state index in [1.54, 1.807) is 37.7 Å². The van der Waals surface area contributed by atoms with Crippen molar-refractivity contribution < 1.29 is 12.8 Å². The predicted octanol–water partition coefficient (Wildman–Crippen LogP) is 2.88. The molecule has 1 aromatic heterocycles. The molecule has 1 heterocycles. The van der Waals surface area contributed by atoms with E-state index in [2.05, 4.69) is 4.72 Å². The minimum atomic E-state index is -3.72. The van der Waals surface area contributed by atoms with E-state index in [9.17, 15) is 8.42 Å². The first-order valence-electron chi connectivity index (χ1n) is 6.35. The fraction of sp³-hybridized carbons (Fsp3) is 0.286. The van der Waals surface area contributed by atoms with Crippen LogP contribution in [0.15, 0.2) is 38.5 Å². The van der Waals surface area contributed by atoms with Gasteiger partial charge in [-0.15, -0.1) is 11.8 Å². The molecule has 7 heteroatoms. The molecule has 0 aliphatic carbocycles. The van der Waals surface area contributed by atoms with E-state index in [4.69, 9.17) is 10.2 Å². The number of furan rings is 1. The van der Waals surface area contributed by atoms with Crippen LogP contribution in [0.2, 0.25) is 0 Å². The first-order chi connectivity index (χ1) is 9.89. The van der Waals surface area contributed by atoms with E-state index in [0.29, 0.717) is 22.8 Å². The first-order valence-corrected chi connectivity index (χ1v) is 9.05. The Morgan fingerprint density at radius 1 is 1.19 bits per heavy atom. The van der Waals surface area contributed by atoms with Crippen LogP contribution in [0.4, 0.5) is 5.69 Å². The molecular weight excluding hydrogens is 308 g/mol. The van der Waals surface area contributed by atoms with E-state index in [1.807, 2.05) is 18.4 Å². The quantitative estimate of drug-likeness (QED) is 0.825. The van der Waals surface area contributed by atoms with Gasteiger partial charge in [0.15, 0.2) is 0 Å². The SMILES string of the molecule is CSc1ccc(NS(=O)(=O)c2c(C)oc(C)c2CN)cc1. The maximum absolute atomic E-state index is 12.5. The van der Waals surface area contributed by atoms with Crippen LogP contribution in [-0.4, -0.2) is 14.7 Å². The molecule has 0 amide bonds. The Bertz CT molecular complexity index is 734. The van der Waals surface area contributed by atoms with Gasteiger partial charge in [-0.3, -0.25) is 4.72 Å². The molecule has 0 aliphatic rings. The largest absolute Gasteiger partial charge is 0.465 e. The number of nitrogens with two attached hydrogens (primary N) is 1. The molecule has 0 radical (unpaired) electrons. The van der Waals surface area contributed by atoms with E-state index >= 15 is 0 Å². The minimum Gasteiger partial charge on any atom is -0.465 e. The normalized spacial score (nSPS) is 11.6. The summed E-state index contributed by atoms with van der Waals surface area (Å²) in [6.07, 6.45) is 1.96. The van der Waals surface area contributed by atoms with Crippen LogP contribution < -0.4 is 10.5 Å². The number of hydrogen-bond acceptors (Lipinski definition) is 5. The number of aryl methyl sites for hydroxylation is 2. The molecule has 21 heavy (non-hydrogen) atoms. The molecule has 1 aromatic carbocycles. The van der Waals surface area contributed by atoms with E-state index < -0.39 is 10.0 Å². The molecule has 0 saturated carbocycles. The third kappa shape index (κ3) is 3.25. The summed E-state index contributed by atoms with van der Waals surface area (Å²) in [6.45, 7) is 3.45. The van der Waals surface area contributed by atoms with Crippen molar-refractivity contribution in [3.63, 3.8) is 0 Å². The van der Waals surface area contributed by atoms with Gasteiger partial charge in [0.25, 0.3) is 10.0 Å². The summed E-state index contributed by atoms with van der Waals surface area (Å²) in [4.78, 5) is 1.20. The second-order valence-corrected chi connectivity index (χ2v) is 7.06. The summed E-state index contributed by atoms with van der Waals surface area (Å²) in [5.74, 6) is 0.884. The van der Waals surface area contributed by atoms with E-state index in [-0.39, 0.29) is 11.4 Å². The van der Waals surface area contributed by atoms with Crippen LogP contribution in [0.5, 0.6) is 0 Å². The molecule has 0 aliphatic heterocycles. The third-order valence-corrected chi connectivity index (χ3v) is 5.46. The maximum Gasteiger partial charge on any atom is 0.265 e. The molecule has 114 valence electrons. The molecule has 3 N–H and O–H groups in total. The van der Waals surface area contributed by atoms with Crippen LogP contribution in [0.3, 0.4) is 0 Å². The smallest absolute Gasteiger partial charge is 0.265 e. The zero-order chi connectivity index (χ0) is 15.6. The van der Waals surface area contributed by atoms with Gasteiger partial charge >= 0.3 is 0 Å². The van der Waals surface area contributed by atoms with Crippen LogP contribution in [0, 0.1) is 13.8 Å². The van der Waals surface area contributed by atoms with Gasteiger partial charge in [-0.2, -0.15) is 0 Å². The Balaban J connectivity index is 2.38. The topological polar surface area (TPSA) is 85.3 Å². The van der Waals surface area contributed by atoms with Crippen molar-refractivity contribution in [1.29, 1.82) is 0 Å². The lowest BCUT2D eigenvalue weighted by atomic mass is 10.2. The van der Waals surface area contributed by atoms with Gasteiger partial charge in [0.2, 0.25) is 0 Å². The monoisotopic (exact) mass is 326 g/mol. The van der Waals surface area contributed by atoms with Crippen molar-refractivity contribution in [2.24, 2.45) is 5.73 Å². The third-order valence-electron chi connectivity index (χ3n) is 3.14. The molecule has 0 atom stereocenters. The maximum atomic E-state index is 12.5. The van der Waals surface area contributed by atoms with Gasteiger partial charge in [-0.25, -0.2) is 8.42 Å². The van der Waals surface area contributed by atoms with Crippen LogP contribution in [0.1, 0.15) is 17.1 Å². The highest BCUT2D eigenvalue weighted by Gasteiger charge is 2.26. The molecule has 0 bridgehead atoms. The van der Waals surface area contributed by atoms with Crippen molar-refractivity contribution >= 4 is 27.5 Å². The number of rotatable bonds is 5. The molecule has 2 rings (SSSR count). The van der Waals surface area contributed by atoms with E-state index in [1.165, 1.54) is 0 Å². The second kappa shape index (κ2) is 6.13.